The number of carbonyl (C=O) groups excluding carboxylic acids is 1. The Hall–Kier alpha value is -1.04. The zero-order valence-corrected chi connectivity index (χ0v) is 11.9. The second kappa shape index (κ2) is 7.32. The molecule has 0 bridgehead atoms. The van der Waals surface area contributed by atoms with Gasteiger partial charge in [-0.25, -0.2) is 0 Å². The Morgan fingerprint density at radius 1 is 1.35 bits per heavy atom. The van der Waals surface area contributed by atoms with E-state index in [-0.39, 0.29) is 11.9 Å². The van der Waals surface area contributed by atoms with Gasteiger partial charge in [-0.3, -0.25) is 4.79 Å². The SMILES string of the molecule is CCCCCN(C(=O)C(C)(C#N)CC)C(C)C. The van der Waals surface area contributed by atoms with Gasteiger partial charge in [-0.15, -0.1) is 0 Å². The van der Waals surface area contributed by atoms with E-state index < -0.39 is 5.41 Å². The van der Waals surface area contributed by atoms with Crippen molar-refractivity contribution in [3.63, 3.8) is 0 Å². The Labute approximate surface area is 106 Å². The molecule has 0 aliphatic heterocycles. The van der Waals surface area contributed by atoms with Crippen molar-refractivity contribution < 1.29 is 4.79 Å². The lowest BCUT2D eigenvalue weighted by Gasteiger charge is -2.32. The number of rotatable bonds is 7. The first-order valence-corrected chi connectivity index (χ1v) is 6.65. The zero-order chi connectivity index (χ0) is 13.5. The Morgan fingerprint density at radius 3 is 2.29 bits per heavy atom. The van der Waals surface area contributed by atoms with Gasteiger partial charge in [0.05, 0.1) is 6.07 Å². The van der Waals surface area contributed by atoms with Crippen molar-refractivity contribution in [2.24, 2.45) is 5.41 Å². The number of hydrogen-bond donors (Lipinski definition) is 0. The van der Waals surface area contributed by atoms with Crippen LogP contribution in [0.5, 0.6) is 0 Å². The molecule has 0 aliphatic rings. The summed E-state index contributed by atoms with van der Waals surface area (Å²) in [5.74, 6) is -0.0198. The molecule has 3 heteroatoms. The van der Waals surface area contributed by atoms with Crippen LogP contribution in [-0.4, -0.2) is 23.4 Å². The summed E-state index contributed by atoms with van der Waals surface area (Å²) in [5, 5.41) is 9.16. The Bertz CT molecular complexity index is 280. The van der Waals surface area contributed by atoms with E-state index in [0.29, 0.717) is 6.42 Å². The van der Waals surface area contributed by atoms with Crippen LogP contribution in [0.3, 0.4) is 0 Å². The van der Waals surface area contributed by atoms with Crippen LogP contribution in [0.2, 0.25) is 0 Å². The summed E-state index contributed by atoms with van der Waals surface area (Å²) in [6, 6.07) is 2.33. The van der Waals surface area contributed by atoms with E-state index in [4.69, 9.17) is 5.26 Å². The standard InChI is InChI=1S/C14H26N2O/c1-6-8-9-10-16(12(3)4)13(17)14(5,7-2)11-15/h12H,6-10H2,1-5H3. The van der Waals surface area contributed by atoms with E-state index in [9.17, 15) is 4.79 Å². The fraction of sp³-hybridized carbons (Fsp3) is 0.857. The van der Waals surface area contributed by atoms with Crippen LogP contribution in [0, 0.1) is 16.7 Å². The smallest absolute Gasteiger partial charge is 0.242 e. The third kappa shape index (κ3) is 4.38. The second-order valence-electron chi connectivity index (χ2n) is 5.10. The highest BCUT2D eigenvalue weighted by molar-refractivity contribution is 5.85. The molecule has 0 saturated carbocycles. The lowest BCUT2D eigenvalue weighted by molar-refractivity contribution is -0.140. The first-order valence-electron chi connectivity index (χ1n) is 6.65. The minimum Gasteiger partial charge on any atom is -0.339 e. The van der Waals surface area contributed by atoms with Crippen LogP contribution in [0.1, 0.15) is 60.3 Å². The van der Waals surface area contributed by atoms with Crippen LogP contribution in [0.15, 0.2) is 0 Å². The maximum absolute atomic E-state index is 12.4. The van der Waals surface area contributed by atoms with Crippen molar-refractivity contribution in [2.45, 2.75) is 66.3 Å². The maximum atomic E-state index is 12.4. The molecular formula is C14H26N2O. The Balaban J connectivity index is 4.71. The molecule has 0 saturated heterocycles. The van der Waals surface area contributed by atoms with Crippen molar-refractivity contribution in [3.05, 3.63) is 0 Å². The van der Waals surface area contributed by atoms with Crippen LogP contribution in [0.25, 0.3) is 0 Å². The van der Waals surface area contributed by atoms with Crippen molar-refractivity contribution in [3.8, 4) is 6.07 Å². The topological polar surface area (TPSA) is 44.1 Å². The summed E-state index contributed by atoms with van der Waals surface area (Å²) in [7, 11) is 0. The van der Waals surface area contributed by atoms with Gasteiger partial charge in [-0.2, -0.15) is 5.26 Å². The van der Waals surface area contributed by atoms with Crippen molar-refractivity contribution in [1.29, 1.82) is 5.26 Å². The number of nitrogens with zero attached hydrogens (tertiary/aromatic N) is 2. The Kier molecular flexibility index (Phi) is 6.87. The van der Waals surface area contributed by atoms with Gasteiger partial charge in [0.25, 0.3) is 0 Å². The lowest BCUT2D eigenvalue weighted by Crippen LogP contribution is -2.45. The molecule has 0 aliphatic carbocycles. The normalized spacial score (nSPS) is 14.2. The largest absolute Gasteiger partial charge is 0.339 e. The molecule has 0 aromatic heterocycles. The first-order chi connectivity index (χ1) is 7.92. The summed E-state index contributed by atoms with van der Waals surface area (Å²) in [6.07, 6.45) is 3.86. The quantitative estimate of drug-likeness (QED) is 0.638. The molecule has 0 spiro atoms. The molecule has 0 aromatic rings. The molecule has 0 radical (unpaired) electrons. The molecule has 0 fully saturated rings. The van der Waals surface area contributed by atoms with Gasteiger partial charge in [-0.1, -0.05) is 26.7 Å². The van der Waals surface area contributed by atoms with Gasteiger partial charge >= 0.3 is 0 Å². The highest BCUT2D eigenvalue weighted by Gasteiger charge is 2.35. The molecule has 3 nitrogen and oxygen atoms in total. The summed E-state index contributed by atoms with van der Waals surface area (Å²) >= 11 is 0. The van der Waals surface area contributed by atoms with Crippen molar-refractivity contribution in [2.75, 3.05) is 6.54 Å². The predicted octanol–water partition coefficient (Wildman–Crippen LogP) is 3.35. The van der Waals surface area contributed by atoms with Gasteiger partial charge in [0.1, 0.15) is 5.41 Å². The fourth-order valence-corrected chi connectivity index (χ4v) is 1.72. The summed E-state index contributed by atoms with van der Waals surface area (Å²) in [5.41, 5.74) is -0.865. The highest BCUT2D eigenvalue weighted by atomic mass is 16.2. The monoisotopic (exact) mass is 238 g/mol. The minimum atomic E-state index is -0.865. The molecule has 0 rings (SSSR count). The van der Waals surface area contributed by atoms with E-state index in [2.05, 4.69) is 13.0 Å². The fourth-order valence-electron chi connectivity index (χ4n) is 1.72. The van der Waals surface area contributed by atoms with Crippen molar-refractivity contribution in [1.82, 2.24) is 4.90 Å². The van der Waals surface area contributed by atoms with Crippen LogP contribution >= 0.6 is 0 Å². The third-order valence-electron chi connectivity index (χ3n) is 3.31. The van der Waals surface area contributed by atoms with Gasteiger partial charge < -0.3 is 4.90 Å². The number of amides is 1. The molecule has 0 heterocycles. The molecule has 0 N–H and O–H groups in total. The molecule has 1 amide bonds. The molecule has 1 unspecified atom stereocenters. The van der Waals surface area contributed by atoms with Gasteiger partial charge in [-0.05, 0) is 33.6 Å². The average Bonchev–Trinajstić information content (AvgIpc) is 2.32. The van der Waals surface area contributed by atoms with Crippen LogP contribution in [-0.2, 0) is 4.79 Å². The van der Waals surface area contributed by atoms with Crippen molar-refractivity contribution >= 4 is 5.91 Å². The number of carbonyl (C=O) groups is 1. The van der Waals surface area contributed by atoms with Crippen LogP contribution in [0.4, 0.5) is 0 Å². The zero-order valence-electron chi connectivity index (χ0n) is 11.9. The average molecular weight is 238 g/mol. The summed E-state index contributed by atoms with van der Waals surface area (Å²) in [6.45, 7) is 10.6. The van der Waals surface area contributed by atoms with Gasteiger partial charge in [0, 0.05) is 12.6 Å². The Morgan fingerprint density at radius 2 is 1.94 bits per heavy atom. The highest BCUT2D eigenvalue weighted by Crippen LogP contribution is 2.24. The van der Waals surface area contributed by atoms with E-state index in [1.807, 2.05) is 25.7 Å². The summed E-state index contributed by atoms with van der Waals surface area (Å²) < 4.78 is 0. The molecule has 1 atom stereocenters. The maximum Gasteiger partial charge on any atom is 0.242 e. The van der Waals surface area contributed by atoms with Gasteiger partial charge in [0.2, 0.25) is 5.91 Å². The van der Waals surface area contributed by atoms with E-state index >= 15 is 0 Å². The number of nitriles is 1. The van der Waals surface area contributed by atoms with E-state index in [0.717, 1.165) is 25.8 Å². The van der Waals surface area contributed by atoms with Gasteiger partial charge in [0.15, 0.2) is 0 Å². The van der Waals surface area contributed by atoms with E-state index in [1.165, 1.54) is 0 Å². The lowest BCUT2D eigenvalue weighted by atomic mass is 9.87. The second-order valence-corrected chi connectivity index (χ2v) is 5.10. The molecular weight excluding hydrogens is 212 g/mol. The minimum absolute atomic E-state index is 0.0198. The predicted molar refractivity (Wildman–Crippen MR) is 70.4 cm³/mol. The molecule has 98 valence electrons. The van der Waals surface area contributed by atoms with E-state index in [1.54, 1.807) is 6.92 Å². The third-order valence-corrected chi connectivity index (χ3v) is 3.31. The molecule has 0 aromatic carbocycles. The first kappa shape index (κ1) is 16.0. The number of hydrogen-bond acceptors (Lipinski definition) is 2. The molecule has 17 heavy (non-hydrogen) atoms. The van der Waals surface area contributed by atoms with Crippen LogP contribution < -0.4 is 0 Å². The summed E-state index contributed by atoms with van der Waals surface area (Å²) in [4.78, 5) is 14.2. The number of unbranched alkanes of at least 4 members (excludes halogenated alkanes) is 2.